The third-order valence-electron chi connectivity index (χ3n) is 3.56. The van der Waals surface area contributed by atoms with Gasteiger partial charge < -0.3 is 10.5 Å². The van der Waals surface area contributed by atoms with Crippen LogP contribution >= 0.6 is 0 Å². The van der Waals surface area contributed by atoms with E-state index in [1.165, 1.54) is 0 Å². The molecule has 1 rings (SSSR count). The highest BCUT2D eigenvalue weighted by molar-refractivity contribution is 7.84. The number of hydrogen-bond acceptors (Lipinski definition) is 3. The average molecular weight is 297 g/mol. The highest BCUT2D eigenvalue weighted by Crippen LogP contribution is 2.25. The van der Waals surface area contributed by atoms with Crippen LogP contribution in [0.4, 0.5) is 0 Å². The van der Waals surface area contributed by atoms with Crippen molar-refractivity contribution in [2.45, 2.75) is 51.7 Å². The zero-order chi connectivity index (χ0) is 15.3. The van der Waals surface area contributed by atoms with E-state index in [1.807, 2.05) is 39.0 Å². The highest BCUT2D eigenvalue weighted by atomic mass is 32.2. The number of hydrogen-bond donors (Lipinski definition) is 1. The van der Waals surface area contributed by atoms with Crippen molar-refractivity contribution in [3.8, 4) is 5.75 Å². The lowest BCUT2D eigenvalue weighted by molar-refractivity contribution is 0.337. The van der Waals surface area contributed by atoms with Gasteiger partial charge in [0, 0.05) is 27.7 Å². The minimum Gasteiger partial charge on any atom is -0.494 e. The Labute approximate surface area is 125 Å². The summed E-state index contributed by atoms with van der Waals surface area (Å²) in [7, 11) is -0.902. The first-order chi connectivity index (χ1) is 9.36. The van der Waals surface area contributed by atoms with Gasteiger partial charge in [0.15, 0.2) is 0 Å². The van der Waals surface area contributed by atoms with E-state index in [1.54, 1.807) is 0 Å². The summed E-state index contributed by atoms with van der Waals surface area (Å²) in [6, 6.07) is 5.92. The molecule has 0 heterocycles. The van der Waals surface area contributed by atoms with Crippen molar-refractivity contribution >= 4 is 10.8 Å². The molecule has 0 bridgehead atoms. The van der Waals surface area contributed by atoms with Crippen LogP contribution in [0.15, 0.2) is 18.2 Å². The molecule has 114 valence electrons. The van der Waals surface area contributed by atoms with E-state index >= 15 is 0 Å². The molecule has 0 fully saturated rings. The summed E-state index contributed by atoms with van der Waals surface area (Å²) in [4.78, 5) is 0. The average Bonchev–Trinajstić information content (AvgIpc) is 2.39. The Morgan fingerprint density at radius 3 is 2.40 bits per heavy atom. The lowest BCUT2D eigenvalue weighted by atomic mass is 10.1. The van der Waals surface area contributed by atoms with Crippen molar-refractivity contribution in [1.82, 2.24) is 0 Å². The van der Waals surface area contributed by atoms with Gasteiger partial charge in [0.25, 0.3) is 0 Å². The maximum absolute atomic E-state index is 12.4. The number of ether oxygens (including phenoxy) is 1. The molecule has 0 aliphatic heterocycles. The second-order valence-corrected chi connectivity index (χ2v) is 7.36. The Morgan fingerprint density at radius 1 is 1.25 bits per heavy atom. The number of benzene rings is 1. The second-order valence-electron chi connectivity index (χ2n) is 5.56. The minimum atomic E-state index is -0.902. The molecule has 3 nitrogen and oxygen atoms in total. The van der Waals surface area contributed by atoms with Gasteiger partial charge in [-0.05, 0) is 37.5 Å². The van der Waals surface area contributed by atoms with Gasteiger partial charge in [0.1, 0.15) is 5.75 Å². The van der Waals surface area contributed by atoms with Gasteiger partial charge in [-0.25, -0.2) is 0 Å². The SMILES string of the molecule is CCOc1ccc(C(C)N)cc1CS(=O)C(C)C(C)C. The fraction of sp³-hybridized carbons (Fsp3) is 0.625. The fourth-order valence-electron chi connectivity index (χ4n) is 1.88. The van der Waals surface area contributed by atoms with Crippen LogP contribution < -0.4 is 10.5 Å². The lowest BCUT2D eigenvalue weighted by Gasteiger charge is -2.18. The van der Waals surface area contributed by atoms with Crippen molar-refractivity contribution in [3.63, 3.8) is 0 Å². The zero-order valence-electron chi connectivity index (χ0n) is 13.2. The first-order valence-electron chi connectivity index (χ1n) is 7.25. The van der Waals surface area contributed by atoms with Gasteiger partial charge in [0.05, 0.1) is 12.4 Å². The highest BCUT2D eigenvalue weighted by Gasteiger charge is 2.18. The van der Waals surface area contributed by atoms with Crippen molar-refractivity contribution in [3.05, 3.63) is 29.3 Å². The van der Waals surface area contributed by atoms with E-state index in [9.17, 15) is 4.21 Å². The maximum atomic E-state index is 12.4. The summed E-state index contributed by atoms with van der Waals surface area (Å²) in [5.41, 5.74) is 7.98. The summed E-state index contributed by atoms with van der Waals surface area (Å²) >= 11 is 0. The molecule has 2 N–H and O–H groups in total. The third-order valence-corrected chi connectivity index (χ3v) is 5.53. The molecule has 0 aliphatic rings. The smallest absolute Gasteiger partial charge is 0.123 e. The molecule has 0 spiro atoms. The Hall–Kier alpha value is -0.870. The van der Waals surface area contributed by atoms with Crippen molar-refractivity contribution < 1.29 is 8.95 Å². The molecule has 0 radical (unpaired) electrons. The molecule has 3 atom stereocenters. The molecule has 0 saturated carbocycles. The fourth-order valence-corrected chi connectivity index (χ4v) is 3.28. The molecule has 20 heavy (non-hydrogen) atoms. The standard InChI is InChI=1S/C16H27NO2S/c1-6-19-16-8-7-14(12(4)17)9-15(16)10-20(18)13(5)11(2)3/h7-9,11-13H,6,10,17H2,1-5H3. The van der Waals surface area contributed by atoms with Crippen LogP contribution in [0.2, 0.25) is 0 Å². The summed E-state index contributed by atoms with van der Waals surface area (Å²) in [5.74, 6) is 1.75. The van der Waals surface area contributed by atoms with Gasteiger partial charge in [-0.1, -0.05) is 26.8 Å². The van der Waals surface area contributed by atoms with E-state index < -0.39 is 10.8 Å². The van der Waals surface area contributed by atoms with Crippen LogP contribution in [-0.4, -0.2) is 16.1 Å². The molecule has 0 aromatic heterocycles. The molecule has 1 aromatic rings. The Balaban J connectivity index is 3.00. The maximum Gasteiger partial charge on any atom is 0.123 e. The third kappa shape index (κ3) is 4.60. The summed E-state index contributed by atoms with van der Waals surface area (Å²) in [6.07, 6.45) is 0. The van der Waals surface area contributed by atoms with E-state index in [0.717, 1.165) is 16.9 Å². The topological polar surface area (TPSA) is 52.3 Å². The van der Waals surface area contributed by atoms with Crippen molar-refractivity contribution in [2.24, 2.45) is 11.7 Å². The van der Waals surface area contributed by atoms with E-state index in [0.29, 0.717) is 18.3 Å². The van der Waals surface area contributed by atoms with Crippen molar-refractivity contribution in [2.75, 3.05) is 6.61 Å². The van der Waals surface area contributed by atoms with Crippen LogP contribution in [-0.2, 0) is 16.6 Å². The molecular formula is C16H27NO2S. The number of nitrogens with two attached hydrogens (primary N) is 1. The van der Waals surface area contributed by atoms with Crippen LogP contribution in [0.25, 0.3) is 0 Å². The van der Waals surface area contributed by atoms with E-state index in [-0.39, 0.29) is 11.3 Å². The molecule has 1 aromatic carbocycles. The van der Waals surface area contributed by atoms with Gasteiger partial charge in [-0.3, -0.25) is 4.21 Å². The van der Waals surface area contributed by atoms with Crippen LogP contribution in [0.5, 0.6) is 5.75 Å². The van der Waals surface area contributed by atoms with E-state index in [4.69, 9.17) is 10.5 Å². The van der Waals surface area contributed by atoms with Gasteiger partial charge in [-0.2, -0.15) is 0 Å². The summed E-state index contributed by atoms with van der Waals surface area (Å²) < 4.78 is 18.1. The van der Waals surface area contributed by atoms with E-state index in [2.05, 4.69) is 13.8 Å². The normalized spacial score (nSPS) is 15.9. The first kappa shape index (κ1) is 17.2. The molecule has 4 heteroatoms. The molecule has 0 saturated heterocycles. The molecule has 0 aliphatic carbocycles. The molecule has 0 amide bonds. The number of rotatable bonds is 7. The predicted molar refractivity (Wildman–Crippen MR) is 86.4 cm³/mol. The first-order valence-corrected chi connectivity index (χ1v) is 8.63. The minimum absolute atomic E-state index is 0.0274. The zero-order valence-corrected chi connectivity index (χ0v) is 14.0. The summed E-state index contributed by atoms with van der Waals surface area (Å²) in [6.45, 7) is 10.8. The quantitative estimate of drug-likeness (QED) is 0.839. The Kier molecular flexibility index (Phi) is 6.69. The lowest BCUT2D eigenvalue weighted by Crippen LogP contribution is -2.19. The Bertz CT molecular complexity index is 458. The Morgan fingerprint density at radius 2 is 1.90 bits per heavy atom. The van der Waals surface area contributed by atoms with Crippen LogP contribution in [0, 0.1) is 5.92 Å². The predicted octanol–water partition coefficient (Wildman–Crippen LogP) is 3.40. The summed E-state index contributed by atoms with van der Waals surface area (Å²) in [5, 5.41) is 0.170. The molecule has 3 unspecified atom stereocenters. The van der Waals surface area contributed by atoms with Crippen LogP contribution in [0.1, 0.15) is 51.8 Å². The van der Waals surface area contributed by atoms with Crippen LogP contribution in [0.3, 0.4) is 0 Å². The van der Waals surface area contributed by atoms with Gasteiger partial charge in [-0.15, -0.1) is 0 Å². The second kappa shape index (κ2) is 7.79. The molecular weight excluding hydrogens is 270 g/mol. The van der Waals surface area contributed by atoms with Crippen molar-refractivity contribution in [1.29, 1.82) is 0 Å². The van der Waals surface area contributed by atoms with Gasteiger partial charge in [0.2, 0.25) is 0 Å². The van der Waals surface area contributed by atoms with Gasteiger partial charge >= 0.3 is 0 Å². The largest absolute Gasteiger partial charge is 0.494 e. The monoisotopic (exact) mass is 297 g/mol.